The molecule has 0 unspecified atom stereocenters. The van der Waals surface area contributed by atoms with E-state index in [1.54, 1.807) is 17.6 Å². The first kappa shape index (κ1) is 25.1. The van der Waals surface area contributed by atoms with Crippen molar-refractivity contribution in [1.29, 1.82) is 0 Å². The number of hydrogen-bond donors (Lipinski definition) is 1. The molecule has 0 saturated heterocycles. The van der Waals surface area contributed by atoms with Crippen LogP contribution in [0.4, 0.5) is 0 Å². The van der Waals surface area contributed by atoms with E-state index < -0.39 is 11.6 Å². The quantitative estimate of drug-likeness (QED) is 0.175. The highest BCUT2D eigenvalue weighted by Gasteiger charge is 2.45. The number of aromatic nitrogens is 3. The number of nitrogens with zero attached hydrogens (tertiary/aromatic N) is 3. The zero-order valence-corrected chi connectivity index (χ0v) is 21.9. The number of halogens is 1. The molecule has 1 N–H and O–H groups in total. The van der Waals surface area contributed by atoms with Crippen LogP contribution < -0.4 is 31.8 Å². The summed E-state index contributed by atoms with van der Waals surface area (Å²) in [4.78, 5) is 30.5. The predicted octanol–water partition coefficient (Wildman–Crippen LogP) is -0.160. The van der Waals surface area contributed by atoms with E-state index in [0.29, 0.717) is 35.7 Å². The van der Waals surface area contributed by atoms with Gasteiger partial charge in [0.2, 0.25) is 0 Å². The molecule has 0 aliphatic carbocycles. The van der Waals surface area contributed by atoms with Crippen LogP contribution >= 0.6 is 0 Å². The molecule has 0 bridgehead atoms. The molecular formula is C28H26BrN3O5. The van der Waals surface area contributed by atoms with E-state index in [1.165, 1.54) is 0 Å². The van der Waals surface area contributed by atoms with Crippen molar-refractivity contribution in [3.8, 4) is 17.1 Å². The monoisotopic (exact) mass is 563 g/mol. The molecule has 4 aromatic rings. The lowest BCUT2D eigenvalue weighted by Crippen LogP contribution is -3.00. The Morgan fingerprint density at radius 1 is 1.16 bits per heavy atom. The average Bonchev–Trinajstić information content (AvgIpc) is 3.26. The summed E-state index contributed by atoms with van der Waals surface area (Å²) >= 11 is 0. The fourth-order valence-electron chi connectivity index (χ4n) is 5.07. The number of carbonyl (C=O) groups is 1. The second kappa shape index (κ2) is 9.72. The van der Waals surface area contributed by atoms with Crippen LogP contribution in [-0.4, -0.2) is 27.2 Å². The van der Waals surface area contributed by atoms with Crippen molar-refractivity contribution in [2.45, 2.75) is 45.1 Å². The molecule has 2 aliphatic rings. The number of hydrogen-bond acceptors (Lipinski definition) is 6. The Labute approximate surface area is 223 Å². The summed E-state index contributed by atoms with van der Waals surface area (Å²) in [6, 6.07) is 15.6. The molecule has 3 aromatic heterocycles. The van der Waals surface area contributed by atoms with Crippen LogP contribution in [0.1, 0.15) is 36.5 Å². The van der Waals surface area contributed by atoms with Crippen molar-refractivity contribution in [2.24, 2.45) is 0 Å². The molecular weight excluding hydrogens is 538 g/mol. The Balaban J connectivity index is 0.00000280. The van der Waals surface area contributed by atoms with E-state index in [9.17, 15) is 14.7 Å². The van der Waals surface area contributed by atoms with Gasteiger partial charge in [-0.1, -0.05) is 13.0 Å². The van der Waals surface area contributed by atoms with Crippen LogP contribution in [0.2, 0.25) is 0 Å². The standard InChI is InChI=1S/C28H26N3O5.BrH/c1-2-28(34)22-15-24-25-19(16-31(24)26(32)21(22)17-36-27(28)33)13-18-14-20(7-8-23(18)29-25)35-12-6-11-30-9-4-3-5-10-30;/h3-5,7-10,13-15,34H,2,6,11-12,16-17H2,1H3;1H/q+1;/p-1/t28-;/m0./s1. The second-order valence-electron chi connectivity index (χ2n) is 9.27. The van der Waals surface area contributed by atoms with Gasteiger partial charge in [0.05, 0.1) is 35.6 Å². The SMILES string of the molecule is CC[C@@]1(O)C(=O)OCc2c1cc1n(c2=O)Cc2cc3cc(OCCC[n+]4ccccc4)ccc3nc2-1.[Br-]. The van der Waals surface area contributed by atoms with Crippen molar-refractivity contribution >= 4 is 16.9 Å². The molecule has 5 heterocycles. The summed E-state index contributed by atoms with van der Waals surface area (Å²) in [5, 5.41) is 11.9. The summed E-state index contributed by atoms with van der Waals surface area (Å²) in [5.41, 5.74) is 1.55. The first-order valence-electron chi connectivity index (χ1n) is 12.2. The molecule has 6 rings (SSSR count). The summed E-state index contributed by atoms with van der Waals surface area (Å²) < 4.78 is 14.9. The molecule has 0 radical (unpaired) electrons. The highest BCUT2D eigenvalue weighted by Crippen LogP contribution is 2.38. The number of ether oxygens (including phenoxy) is 2. The fraction of sp³-hybridized carbons (Fsp3) is 0.286. The van der Waals surface area contributed by atoms with Crippen molar-refractivity contribution in [3.05, 3.63) is 88.0 Å². The number of rotatable bonds is 6. The number of fused-ring (bicyclic) bond motifs is 5. The molecule has 2 aliphatic heterocycles. The normalized spacial score (nSPS) is 17.4. The van der Waals surface area contributed by atoms with E-state index in [4.69, 9.17) is 14.5 Å². The zero-order valence-electron chi connectivity index (χ0n) is 20.3. The van der Waals surface area contributed by atoms with E-state index in [1.807, 2.05) is 54.9 Å². The van der Waals surface area contributed by atoms with Crippen molar-refractivity contribution < 1.29 is 40.9 Å². The first-order valence-corrected chi connectivity index (χ1v) is 12.2. The highest BCUT2D eigenvalue weighted by atomic mass is 79.9. The van der Waals surface area contributed by atoms with Gasteiger partial charge in [0.1, 0.15) is 12.4 Å². The van der Waals surface area contributed by atoms with Crippen LogP contribution in [0.5, 0.6) is 5.75 Å². The molecule has 1 atom stereocenters. The molecule has 0 fully saturated rings. The highest BCUT2D eigenvalue weighted by molar-refractivity contribution is 5.87. The molecule has 0 saturated carbocycles. The summed E-state index contributed by atoms with van der Waals surface area (Å²) in [6.07, 6.45) is 5.08. The number of pyridine rings is 3. The number of carbonyl (C=O) groups excluding carboxylic acids is 1. The Morgan fingerprint density at radius 2 is 1.97 bits per heavy atom. The minimum absolute atomic E-state index is 0. The lowest BCUT2D eigenvalue weighted by Gasteiger charge is -2.31. The molecule has 37 heavy (non-hydrogen) atoms. The Kier molecular flexibility index (Phi) is 6.59. The van der Waals surface area contributed by atoms with Gasteiger partial charge >= 0.3 is 5.97 Å². The molecule has 9 heteroatoms. The van der Waals surface area contributed by atoms with Gasteiger partial charge in [-0.25, -0.2) is 14.3 Å². The third kappa shape index (κ3) is 4.22. The summed E-state index contributed by atoms with van der Waals surface area (Å²) in [7, 11) is 0. The van der Waals surface area contributed by atoms with E-state index in [-0.39, 0.29) is 35.6 Å². The van der Waals surface area contributed by atoms with Gasteiger partial charge in [0, 0.05) is 35.1 Å². The number of benzene rings is 1. The van der Waals surface area contributed by atoms with E-state index in [2.05, 4.69) is 4.57 Å². The van der Waals surface area contributed by atoms with Gasteiger partial charge in [-0.05, 0) is 36.8 Å². The van der Waals surface area contributed by atoms with Gasteiger partial charge in [-0.3, -0.25) is 4.79 Å². The zero-order chi connectivity index (χ0) is 24.9. The third-order valence-electron chi connectivity index (χ3n) is 7.09. The van der Waals surface area contributed by atoms with Crippen LogP contribution in [-0.2, 0) is 34.8 Å². The number of aryl methyl sites for hydroxylation is 1. The Bertz CT molecular complexity index is 1570. The molecule has 0 spiro atoms. The lowest BCUT2D eigenvalue weighted by molar-refractivity contribution is -0.697. The van der Waals surface area contributed by atoms with E-state index >= 15 is 0 Å². The van der Waals surface area contributed by atoms with Crippen molar-refractivity contribution in [3.63, 3.8) is 0 Å². The number of esters is 1. The van der Waals surface area contributed by atoms with Crippen LogP contribution in [0, 0.1) is 0 Å². The Hall–Kier alpha value is -3.56. The van der Waals surface area contributed by atoms with Gasteiger partial charge in [-0.15, -0.1) is 0 Å². The molecule has 8 nitrogen and oxygen atoms in total. The Morgan fingerprint density at radius 3 is 2.76 bits per heavy atom. The molecule has 0 amide bonds. The van der Waals surface area contributed by atoms with Crippen LogP contribution in [0.3, 0.4) is 0 Å². The summed E-state index contributed by atoms with van der Waals surface area (Å²) in [6.45, 7) is 3.41. The van der Waals surface area contributed by atoms with Crippen molar-refractivity contribution in [1.82, 2.24) is 9.55 Å². The predicted molar refractivity (Wildman–Crippen MR) is 131 cm³/mol. The minimum Gasteiger partial charge on any atom is -1.00 e. The molecule has 1 aromatic carbocycles. The second-order valence-corrected chi connectivity index (χ2v) is 9.27. The minimum atomic E-state index is -1.83. The van der Waals surface area contributed by atoms with Crippen LogP contribution in [0.15, 0.2) is 65.7 Å². The maximum atomic E-state index is 13.3. The maximum absolute atomic E-state index is 13.3. The third-order valence-corrected chi connectivity index (χ3v) is 7.09. The maximum Gasteiger partial charge on any atom is 0.343 e. The average molecular weight is 564 g/mol. The fourth-order valence-corrected chi connectivity index (χ4v) is 5.07. The summed E-state index contributed by atoms with van der Waals surface area (Å²) in [5.74, 6) is 0.0514. The smallest absolute Gasteiger partial charge is 0.343 e. The number of cyclic esters (lactones) is 1. The largest absolute Gasteiger partial charge is 1.00 e. The van der Waals surface area contributed by atoms with Gasteiger partial charge < -0.3 is 36.1 Å². The van der Waals surface area contributed by atoms with E-state index in [0.717, 1.165) is 35.2 Å². The van der Waals surface area contributed by atoms with Gasteiger partial charge in [0.25, 0.3) is 5.56 Å². The van der Waals surface area contributed by atoms with Crippen molar-refractivity contribution in [2.75, 3.05) is 6.61 Å². The first-order chi connectivity index (χ1) is 17.5. The van der Waals surface area contributed by atoms with Crippen LogP contribution in [0.25, 0.3) is 22.3 Å². The topological polar surface area (TPSA) is 94.5 Å². The van der Waals surface area contributed by atoms with Gasteiger partial charge in [-0.2, -0.15) is 0 Å². The molecule has 190 valence electrons. The lowest BCUT2D eigenvalue weighted by atomic mass is 9.86. The number of aliphatic hydroxyl groups is 1. The van der Waals surface area contributed by atoms with Gasteiger partial charge in [0.15, 0.2) is 24.5 Å².